The number of nitrogens with zero attached hydrogens (tertiary/aromatic N) is 2. The average Bonchev–Trinajstić information content (AvgIpc) is 3.12. The Hall–Kier alpha value is -2.37. The van der Waals surface area contributed by atoms with Gasteiger partial charge in [0, 0.05) is 16.6 Å². The molecular formula is C21H24N3OS+. The number of aromatic nitrogens is 1. The van der Waals surface area contributed by atoms with E-state index in [2.05, 4.69) is 41.5 Å². The first-order valence-corrected chi connectivity index (χ1v) is 9.94. The van der Waals surface area contributed by atoms with Gasteiger partial charge in [-0.2, -0.15) is 0 Å². The minimum absolute atomic E-state index is 0.325. The van der Waals surface area contributed by atoms with Crippen LogP contribution in [0.1, 0.15) is 11.3 Å². The fourth-order valence-electron chi connectivity index (χ4n) is 3.39. The zero-order valence-electron chi connectivity index (χ0n) is 15.0. The van der Waals surface area contributed by atoms with E-state index in [1.807, 2.05) is 12.1 Å². The second-order valence-corrected chi connectivity index (χ2v) is 7.80. The lowest BCUT2D eigenvalue weighted by Crippen LogP contribution is -3.13. The molecular weight excluding hydrogens is 342 g/mol. The SMILES string of the molecule is Cc1ccc(-c2nc(C[NH+]3CCN(c4ccc(O)cc4)CC3)cs2)cc1. The molecule has 4 rings (SSSR count). The number of phenols is 1. The first kappa shape index (κ1) is 17.1. The van der Waals surface area contributed by atoms with E-state index < -0.39 is 0 Å². The summed E-state index contributed by atoms with van der Waals surface area (Å²) in [5.41, 5.74) is 4.87. The van der Waals surface area contributed by atoms with Gasteiger partial charge in [0.05, 0.1) is 26.2 Å². The van der Waals surface area contributed by atoms with Crippen LogP contribution in [0.3, 0.4) is 0 Å². The van der Waals surface area contributed by atoms with Gasteiger partial charge in [-0.25, -0.2) is 4.98 Å². The maximum Gasteiger partial charge on any atom is 0.123 e. The number of rotatable bonds is 4. The predicted octanol–water partition coefficient (Wildman–Crippen LogP) is 2.73. The summed E-state index contributed by atoms with van der Waals surface area (Å²) < 4.78 is 0. The van der Waals surface area contributed by atoms with E-state index >= 15 is 0 Å². The minimum atomic E-state index is 0.325. The predicted molar refractivity (Wildman–Crippen MR) is 107 cm³/mol. The number of benzene rings is 2. The molecule has 0 spiro atoms. The number of hydrogen-bond donors (Lipinski definition) is 2. The van der Waals surface area contributed by atoms with Gasteiger partial charge < -0.3 is 14.9 Å². The number of quaternary nitrogens is 1. The molecule has 3 aromatic rings. The molecule has 0 aliphatic carbocycles. The number of piperazine rings is 1. The molecule has 2 aromatic carbocycles. The van der Waals surface area contributed by atoms with Crippen LogP contribution in [0.15, 0.2) is 53.9 Å². The van der Waals surface area contributed by atoms with Crippen molar-refractivity contribution >= 4 is 17.0 Å². The van der Waals surface area contributed by atoms with Crippen molar-refractivity contribution in [3.8, 4) is 16.3 Å². The maximum atomic E-state index is 9.43. The van der Waals surface area contributed by atoms with Crippen molar-refractivity contribution in [2.75, 3.05) is 31.1 Å². The second kappa shape index (κ2) is 7.48. The van der Waals surface area contributed by atoms with Crippen molar-refractivity contribution in [3.05, 3.63) is 65.2 Å². The fraction of sp³-hybridized carbons (Fsp3) is 0.286. The number of nitrogens with one attached hydrogen (secondary N) is 1. The molecule has 26 heavy (non-hydrogen) atoms. The van der Waals surface area contributed by atoms with Gasteiger partial charge in [0.2, 0.25) is 0 Å². The minimum Gasteiger partial charge on any atom is -0.508 e. The highest BCUT2D eigenvalue weighted by Crippen LogP contribution is 2.24. The molecule has 1 aliphatic rings. The molecule has 0 saturated carbocycles. The molecule has 1 aliphatic heterocycles. The van der Waals surface area contributed by atoms with E-state index in [4.69, 9.17) is 4.98 Å². The molecule has 0 unspecified atom stereocenters. The van der Waals surface area contributed by atoms with Crippen LogP contribution in [0.25, 0.3) is 10.6 Å². The average molecular weight is 367 g/mol. The summed E-state index contributed by atoms with van der Waals surface area (Å²) in [5.74, 6) is 0.325. The zero-order chi connectivity index (χ0) is 17.9. The number of thiazole rings is 1. The Kier molecular flexibility index (Phi) is 4.91. The van der Waals surface area contributed by atoms with Crippen LogP contribution in [-0.4, -0.2) is 36.3 Å². The number of aryl methyl sites for hydroxylation is 1. The fourth-order valence-corrected chi connectivity index (χ4v) is 4.22. The Bertz CT molecular complexity index is 850. The van der Waals surface area contributed by atoms with Gasteiger partial charge in [0.1, 0.15) is 23.0 Å². The van der Waals surface area contributed by atoms with E-state index in [1.54, 1.807) is 28.4 Å². The Morgan fingerprint density at radius 1 is 1.04 bits per heavy atom. The topological polar surface area (TPSA) is 40.8 Å². The smallest absolute Gasteiger partial charge is 0.123 e. The Morgan fingerprint density at radius 2 is 1.73 bits per heavy atom. The number of hydrogen-bond acceptors (Lipinski definition) is 4. The van der Waals surface area contributed by atoms with E-state index in [-0.39, 0.29) is 0 Å². The lowest BCUT2D eigenvalue weighted by Gasteiger charge is -2.33. The summed E-state index contributed by atoms with van der Waals surface area (Å²) >= 11 is 1.74. The summed E-state index contributed by atoms with van der Waals surface area (Å²) in [6.07, 6.45) is 0. The van der Waals surface area contributed by atoms with Crippen LogP contribution in [0.5, 0.6) is 5.75 Å². The van der Waals surface area contributed by atoms with Crippen LogP contribution >= 0.6 is 11.3 Å². The van der Waals surface area contributed by atoms with Gasteiger partial charge in [0.25, 0.3) is 0 Å². The quantitative estimate of drug-likeness (QED) is 0.746. The van der Waals surface area contributed by atoms with Crippen LogP contribution in [-0.2, 0) is 6.54 Å². The van der Waals surface area contributed by atoms with Gasteiger partial charge in [0.15, 0.2) is 0 Å². The molecule has 4 nitrogen and oxygen atoms in total. The summed E-state index contributed by atoms with van der Waals surface area (Å²) in [7, 11) is 0. The molecule has 5 heteroatoms. The van der Waals surface area contributed by atoms with E-state index in [9.17, 15) is 5.11 Å². The molecule has 0 amide bonds. The first-order valence-electron chi connectivity index (χ1n) is 9.06. The third kappa shape index (κ3) is 3.89. The summed E-state index contributed by atoms with van der Waals surface area (Å²) in [6.45, 7) is 7.39. The van der Waals surface area contributed by atoms with Gasteiger partial charge in [-0.3, -0.25) is 0 Å². The molecule has 2 N–H and O–H groups in total. The van der Waals surface area contributed by atoms with Gasteiger partial charge in [-0.1, -0.05) is 29.8 Å². The monoisotopic (exact) mass is 366 g/mol. The van der Waals surface area contributed by atoms with Crippen LogP contribution in [0.4, 0.5) is 5.69 Å². The van der Waals surface area contributed by atoms with Crippen molar-refractivity contribution in [1.29, 1.82) is 0 Å². The highest BCUT2D eigenvalue weighted by Gasteiger charge is 2.21. The van der Waals surface area contributed by atoms with E-state index in [0.29, 0.717) is 5.75 Å². The van der Waals surface area contributed by atoms with Crippen molar-refractivity contribution in [3.63, 3.8) is 0 Å². The summed E-state index contributed by atoms with van der Waals surface area (Å²) in [4.78, 5) is 8.82. The number of phenolic OH excluding ortho intramolecular Hbond substituents is 1. The largest absolute Gasteiger partial charge is 0.508 e. The molecule has 1 aromatic heterocycles. The second-order valence-electron chi connectivity index (χ2n) is 6.94. The first-order chi connectivity index (χ1) is 12.7. The van der Waals surface area contributed by atoms with Crippen LogP contribution in [0, 0.1) is 6.92 Å². The van der Waals surface area contributed by atoms with E-state index in [1.165, 1.54) is 22.5 Å². The van der Waals surface area contributed by atoms with Crippen molar-refractivity contribution in [2.24, 2.45) is 0 Å². The van der Waals surface area contributed by atoms with Crippen molar-refractivity contribution in [1.82, 2.24) is 4.98 Å². The highest BCUT2D eigenvalue weighted by atomic mass is 32.1. The molecule has 0 bridgehead atoms. The summed E-state index contributed by atoms with van der Waals surface area (Å²) in [6, 6.07) is 16.1. The highest BCUT2D eigenvalue weighted by molar-refractivity contribution is 7.13. The molecule has 1 fully saturated rings. The van der Waals surface area contributed by atoms with Crippen LogP contribution in [0.2, 0.25) is 0 Å². The van der Waals surface area contributed by atoms with Gasteiger partial charge in [-0.15, -0.1) is 11.3 Å². The number of anilines is 1. The number of aromatic hydroxyl groups is 1. The standard InChI is InChI=1S/C21H23N3OS/c1-16-2-4-17(5-3-16)21-22-18(15-26-21)14-23-10-12-24(13-11-23)19-6-8-20(25)9-7-19/h2-9,15,25H,10-14H2,1H3/p+1. The third-order valence-electron chi connectivity index (χ3n) is 4.97. The van der Waals surface area contributed by atoms with Crippen LogP contribution < -0.4 is 9.80 Å². The normalized spacial score (nSPS) is 15.3. The third-order valence-corrected chi connectivity index (χ3v) is 5.91. The van der Waals surface area contributed by atoms with Gasteiger partial charge >= 0.3 is 0 Å². The Morgan fingerprint density at radius 3 is 2.42 bits per heavy atom. The Balaban J connectivity index is 1.34. The maximum absolute atomic E-state index is 9.43. The lowest BCUT2D eigenvalue weighted by atomic mass is 10.2. The van der Waals surface area contributed by atoms with Crippen molar-refractivity contribution in [2.45, 2.75) is 13.5 Å². The summed E-state index contributed by atoms with van der Waals surface area (Å²) in [5, 5.41) is 12.7. The molecule has 0 atom stereocenters. The zero-order valence-corrected chi connectivity index (χ0v) is 15.8. The van der Waals surface area contributed by atoms with Crippen molar-refractivity contribution < 1.29 is 10.0 Å². The molecule has 2 heterocycles. The van der Waals surface area contributed by atoms with Gasteiger partial charge in [-0.05, 0) is 31.2 Å². The van der Waals surface area contributed by atoms with E-state index in [0.717, 1.165) is 37.7 Å². The lowest BCUT2D eigenvalue weighted by molar-refractivity contribution is -0.914. The molecule has 1 saturated heterocycles. The molecule has 134 valence electrons. The Labute approximate surface area is 158 Å². The molecule has 0 radical (unpaired) electrons.